The molecule has 98 valence electrons. The fourth-order valence-electron chi connectivity index (χ4n) is 2.02. The van der Waals surface area contributed by atoms with E-state index in [0.717, 1.165) is 11.3 Å². The normalized spacial score (nSPS) is 11.1. The van der Waals surface area contributed by atoms with Crippen molar-refractivity contribution in [2.24, 2.45) is 14.1 Å². The van der Waals surface area contributed by atoms with Gasteiger partial charge in [-0.1, -0.05) is 0 Å². The van der Waals surface area contributed by atoms with E-state index in [1.54, 1.807) is 27.8 Å². The molecule has 1 amide bonds. The molecule has 0 saturated carbocycles. The first-order chi connectivity index (χ1) is 9.08. The van der Waals surface area contributed by atoms with Crippen LogP contribution in [0.4, 0.5) is 5.69 Å². The monoisotopic (exact) mass is 258 g/mol. The average molecular weight is 258 g/mol. The number of aryl methyl sites for hydroxylation is 2. The third-order valence-electron chi connectivity index (χ3n) is 3.26. The fourth-order valence-corrected chi connectivity index (χ4v) is 2.02. The molecule has 0 fully saturated rings. The first-order valence-corrected chi connectivity index (χ1v) is 5.86. The number of carbonyl (C=O) groups is 1. The number of amides is 1. The molecule has 7 heteroatoms. The van der Waals surface area contributed by atoms with Gasteiger partial charge in [0.05, 0.1) is 23.8 Å². The number of rotatable bonds is 2. The number of nitrogens with one attached hydrogen (secondary N) is 1. The van der Waals surface area contributed by atoms with Gasteiger partial charge in [-0.15, -0.1) is 0 Å². The number of nitrogens with zero attached hydrogens (tertiary/aromatic N) is 5. The number of imidazole rings is 1. The van der Waals surface area contributed by atoms with E-state index in [2.05, 4.69) is 15.5 Å². The number of hydrogen-bond acceptors (Lipinski definition) is 3. The number of fused-ring (bicyclic) bond motifs is 1. The fraction of sp³-hybridized carbons (Fsp3) is 0.250. The Bertz CT molecular complexity index is 762. The molecule has 0 radical (unpaired) electrons. The molecule has 0 aliphatic rings. The summed E-state index contributed by atoms with van der Waals surface area (Å²) in [6.07, 6.45) is 6.87. The maximum Gasteiger partial charge on any atom is 0.261 e. The molecule has 7 nitrogen and oxygen atoms in total. The van der Waals surface area contributed by atoms with E-state index >= 15 is 0 Å². The van der Waals surface area contributed by atoms with Crippen molar-refractivity contribution in [3.05, 3.63) is 36.0 Å². The summed E-state index contributed by atoms with van der Waals surface area (Å²) in [6.45, 7) is 1.90. The van der Waals surface area contributed by atoms with Gasteiger partial charge in [0.1, 0.15) is 11.2 Å². The van der Waals surface area contributed by atoms with Crippen LogP contribution in [0.25, 0.3) is 5.65 Å². The van der Waals surface area contributed by atoms with Crippen molar-refractivity contribution in [1.82, 2.24) is 24.0 Å². The van der Waals surface area contributed by atoms with Crippen LogP contribution in [0.5, 0.6) is 0 Å². The lowest BCUT2D eigenvalue weighted by Crippen LogP contribution is -2.13. The van der Waals surface area contributed by atoms with Crippen LogP contribution in [-0.2, 0) is 14.1 Å². The number of carbonyl (C=O) groups excluding carboxylic acids is 1. The highest BCUT2D eigenvalue weighted by molar-refractivity contribution is 6.08. The standard InChI is InChI=1S/C12H14N6O/c1-8-10(7-13-17(8)3)15-11(19)9-6-14-18-5-4-16(2)12(9)18/h4-7H,1-3H3,(H,15,19). The molecular formula is C12H14N6O. The Morgan fingerprint density at radius 1 is 1.21 bits per heavy atom. The molecule has 3 rings (SSSR count). The van der Waals surface area contributed by atoms with Crippen molar-refractivity contribution in [3.8, 4) is 0 Å². The quantitative estimate of drug-likeness (QED) is 0.744. The highest BCUT2D eigenvalue weighted by atomic mass is 16.1. The molecule has 0 aliphatic carbocycles. The van der Waals surface area contributed by atoms with Gasteiger partial charge in [-0.05, 0) is 6.92 Å². The van der Waals surface area contributed by atoms with E-state index in [1.807, 2.05) is 31.8 Å². The summed E-state index contributed by atoms with van der Waals surface area (Å²) in [7, 11) is 3.71. The minimum atomic E-state index is -0.187. The summed E-state index contributed by atoms with van der Waals surface area (Å²) < 4.78 is 5.24. The Balaban J connectivity index is 1.96. The predicted octanol–water partition coefficient (Wildman–Crippen LogP) is 0.967. The average Bonchev–Trinajstić information content (AvgIpc) is 3.03. The molecule has 1 N–H and O–H groups in total. The molecule has 0 atom stereocenters. The van der Waals surface area contributed by atoms with Gasteiger partial charge >= 0.3 is 0 Å². The Morgan fingerprint density at radius 3 is 2.68 bits per heavy atom. The van der Waals surface area contributed by atoms with Gasteiger partial charge in [0.15, 0.2) is 0 Å². The van der Waals surface area contributed by atoms with Crippen LogP contribution in [0.3, 0.4) is 0 Å². The van der Waals surface area contributed by atoms with Crippen LogP contribution in [0.15, 0.2) is 24.8 Å². The maximum atomic E-state index is 12.3. The van der Waals surface area contributed by atoms with E-state index in [1.165, 1.54) is 0 Å². The van der Waals surface area contributed by atoms with E-state index in [4.69, 9.17) is 0 Å². The third kappa shape index (κ3) is 1.70. The highest BCUT2D eigenvalue weighted by Gasteiger charge is 2.16. The van der Waals surface area contributed by atoms with Gasteiger partial charge in [0.2, 0.25) is 0 Å². The lowest BCUT2D eigenvalue weighted by atomic mass is 10.3. The van der Waals surface area contributed by atoms with Crippen molar-refractivity contribution in [1.29, 1.82) is 0 Å². The number of anilines is 1. The second-order valence-corrected chi connectivity index (χ2v) is 4.46. The van der Waals surface area contributed by atoms with E-state index in [-0.39, 0.29) is 5.91 Å². The highest BCUT2D eigenvalue weighted by Crippen LogP contribution is 2.16. The van der Waals surface area contributed by atoms with Gasteiger partial charge in [-0.25, -0.2) is 4.52 Å². The molecule has 0 aliphatic heterocycles. The summed E-state index contributed by atoms with van der Waals surface area (Å²) in [6, 6.07) is 0. The summed E-state index contributed by atoms with van der Waals surface area (Å²) >= 11 is 0. The van der Waals surface area contributed by atoms with E-state index in [9.17, 15) is 4.79 Å². The topological polar surface area (TPSA) is 69.2 Å². The molecule has 0 saturated heterocycles. The zero-order valence-corrected chi connectivity index (χ0v) is 11.0. The SMILES string of the molecule is Cc1c(NC(=O)c2cnn3ccn(C)c23)cnn1C. The Morgan fingerprint density at radius 2 is 2.00 bits per heavy atom. The van der Waals surface area contributed by atoms with Gasteiger partial charge in [0.25, 0.3) is 5.91 Å². The zero-order chi connectivity index (χ0) is 13.6. The van der Waals surface area contributed by atoms with Gasteiger partial charge < -0.3 is 9.88 Å². The Kier molecular flexibility index (Phi) is 2.41. The molecule has 0 bridgehead atoms. The minimum absolute atomic E-state index is 0.187. The van der Waals surface area contributed by atoms with Gasteiger partial charge in [-0.2, -0.15) is 10.2 Å². The van der Waals surface area contributed by atoms with Gasteiger partial charge in [0, 0.05) is 26.5 Å². The van der Waals surface area contributed by atoms with Crippen LogP contribution in [0, 0.1) is 6.92 Å². The lowest BCUT2D eigenvalue weighted by molar-refractivity contribution is 0.102. The summed E-state index contributed by atoms with van der Waals surface area (Å²) in [5, 5.41) is 11.1. The summed E-state index contributed by atoms with van der Waals surface area (Å²) in [5.41, 5.74) is 2.92. The van der Waals surface area contributed by atoms with Crippen molar-refractivity contribution in [2.45, 2.75) is 6.92 Å². The Labute approximate surface area is 109 Å². The molecule has 19 heavy (non-hydrogen) atoms. The van der Waals surface area contributed by atoms with Crippen LogP contribution < -0.4 is 5.32 Å². The molecule has 3 aromatic heterocycles. The molecule has 3 heterocycles. The minimum Gasteiger partial charge on any atom is -0.334 e. The smallest absolute Gasteiger partial charge is 0.261 e. The lowest BCUT2D eigenvalue weighted by Gasteiger charge is -2.03. The largest absolute Gasteiger partial charge is 0.334 e. The summed E-state index contributed by atoms with van der Waals surface area (Å²) in [4.78, 5) is 12.3. The third-order valence-corrected chi connectivity index (χ3v) is 3.26. The van der Waals surface area contributed by atoms with Crippen molar-refractivity contribution >= 4 is 17.2 Å². The van der Waals surface area contributed by atoms with Crippen LogP contribution in [-0.4, -0.2) is 29.9 Å². The summed E-state index contributed by atoms with van der Waals surface area (Å²) in [5.74, 6) is -0.187. The first kappa shape index (κ1) is 11.5. The number of aromatic nitrogens is 5. The van der Waals surface area contributed by atoms with Crippen molar-refractivity contribution < 1.29 is 4.79 Å². The number of hydrogen-bond donors (Lipinski definition) is 1. The second-order valence-electron chi connectivity index (χ2n) is 4.46. The maximum absolute atomic E-state index is 12.3. The van der Waals surface area contributed by atoms with E-state index < -0.39 is 0 Å². The van der Waals surface area contributed by atoms with Crippen molar-refractivity contribution in [3.63, 3.8) is 0 Å². The van der Waals surface area contributed by atoms with E-state index in [0.29, 0.717) is 11.3 Å². The zero-order valence-electron chi connectivity index (χ0n) is 11.0. The van der Waals surface area contributed by atoms with Crippen LogP contribution in [0.2, 0.25) is 0 Å². The first-order valence-electron chi connectivity index (χ1n) is 5.86. The predicted molar refractivity (Wildman–Crippen MR) is 70.1 cm³/mol. The molecule has 0 unspecified atom stereocenters. The van der Waals surface area contributed by atoms with Crippen LogP contribution >= 0.6 is 0 Å². The molecule has 0 aromatic carbocycles. The van der Waals surface area contributed by atoms with Crippen LogP contribution in [0.1, 0.15) is 16.1 Å². The second kappa shape index (κ2) is 3.98. The molecule has 0 spiro atoms. The molecular weight excluding hydrogens is 244 g/mol. The van der Waals surface area contributed by atoms with Gasteiger partial charge in [-0.3, -0.25) is 9.48 Å². The van der Waals surface area contributed by atoms with Crippen molar-refractivity contribution in [2.75, 3.05) is 5.32 Å². The Hall–Kier alpha value is -2.57. The molecule has 3 aromatic rings.